The van der Waals surface area contributed by atoms with Crippen LogP contribution >= 0.6 is 11.6 Å². The van der Waals surface area contributed by atoms with Crippen molar-refractivity contribution in [2.75, 3.05) is 31.1 Å². The lowest BCUT2D eigenvalue weighted by molar-refractivity contribution is 0.142. The Kier molecular flexibility index (Phi) is 3.38. The zero-order valence-corrected chi connectivity index (χ0v) is 13.6. The van der Waals surface area contributed by atoms with Crippen LogP contribution in [0.15, 0.2) is 12.3 Å². The number of anilines is 1. The zero-order chi connectivity index (χ0) is 16.8. The summed E-state index contributed by atoms with van der Waals surface area (Å²) in [5, 5.41) is 14.7. The van der Waals surface area contributed by atoms with E-state index in [4.69, 9.17) is 16.7 Å². The molecule has 10 heteroatoms. The molecule has 1 saturated heterocycles. The normalized spacial score (nSPS) is 15.4. The summed E-state index contributed by atoms with van der Waals surface area (Å²) in [6, 6.07) is 1.77. The molecule has 0 unspecified atom stereocenters. The highest BCUT2D eigenvalue weighted by molar-refractivity contribution is 6.31. The smallest absolute Gasteiger partial charge is 0.407 e. The second kappa shape index (κ2) is 5.45. The van der Waals surface area contributed by atoms with Gasteiger partial charge in [0.2, 0.25) is 5.95 Å². The maximum absolute atomic E-state index is 11.1. The number of hydrogen-bond donors (Lipinski definition) is 1. The van der Waals surface area contributed by atoms with E-state index in [1.54, 1.807) is 16.8 Å². The molecule has 24 heavy (non-hydrogen) atoms. The van der Waals surface area contributed by atoms with Crippen molar-refractivity contribution >= 4 is 40.3 Å². The van der Waals surface area contributed by atoms with E-state index in [1.807, 2.05) is 11.8 Å². The number of amides is 1. The van der Waals surface area contributed by atoms with Crippen molar-refractivity contribution in [2.45, 2.75) is 6.92 Å². The molecule has 4 heterocycles. The van der Waals surface area contributed by atoms with Gasteiger partial charge in [0, 0.05) is 32.4 Å². The van der Waals surface area contributed by atoms with E-state index >= 15 is 0 Å². The van der Waals surface area contributed by atoms with Crippen molar-refractivity contribution in [1.29, 1.82) is 0 Å². The highest BCUT2D eigenvalue weighted by Crippen LogP contribution is 2.24. The fourth-order valence-electron chi connectivity index (χ4n) is 2.86. The van der Waals surface area contributed by atoms with Gasteiger partial charge in [0.15, 0.2) is 11.3 Å². The van der Waals surface area contributed by atoms with Crippen molar-refractivity contribution < 1.29 is 9.90 Å². The Morgan fingerprint density at radius 1 is 1.25 bits per heavy atom. The van der Waals surface area contributed by atoms with E-state index in [2.05, 4.69) is 20.1 Å². The third-order valence-electron chi connectivity index (χ3n) is 4.02. The third kappa shape index (κ3) is 2.37. The van der Waals surface area contributed by atoms with E-state index in [-0.39, 0.29) is 0 Å². The van der Waals surface area contributed by atoms with Crippen molar-refractivity contribution in [2.24, 2.45) is 0 Å². The van der Waals surface area contributed by atoms with Crippen LogP contribution in [0.1, 0.15) is 5.82 Å². The van der Waals surface area contributed by atoms with Gasteiger partial charge in [0.1, 0.15) is 5.82 Å². The fraction of sp³-hybridized carbons (Fsp3) is 0.357. The minimum absolute atomic E-state index is 0.415. The molecule has 0 saturated carbocycles. The molecule has 0 atom stereocenters. The largest absolute Gasteiger partial charge is 0.465 e. The number of nitrogens with zero attached hydrogens (tertiary/aromatic N) is 7. The zero-order valence-electron chi connectivity index (χ0n) is 12.8. The first-order valence-electron chi connectivity index (χ1n) is 7.44. The number of halogens is 1. The van der Waals surface area contributed by atoms with Crippen molar-refractivity contribution in [1.82, 2.24) is 29.5 Å². The molecule has 124 valence electrons. The molecule has 3 aromatic heterocycles. The Bertz CT molecular complexity index is 949. The molecule has 4 rings (SSSR count). The van der Waals surface area contributed by atoms with Gasteiger partial charge in [-0.2, -0.15) is 9.50 Å². The number of carbonyl (C=O) groups is 1. The second-order valence-electron chi connectivity index (χ2n) is 5.59. The average molecular weight is 348 g/mol. The van der Waals surface area contributed by atoms with E-state index < -0.39 is 6.09 Å². The van der Waals surface area contributed by atoms with Crippen LogP contribution in [0.4, 0.5) is 10.7 Å². The van der Waals surface area contributed by atoms with Gasteiger partial charge >= 0.3 is 6.09 Å². The molecule has 0 aromatic carbocycles. The molecule has 0 spiro atoms. The van der Waals surface area contributed by atoms with Crippen LogP contribution in [-0.2, 0) is 0 Å². The van der Waals surface area contributed by atoms with Gasteiger partial charge in [0.25, 0.3) is 0 Å². The molecule has 3 aromatic rings. The number of pyridine rings is 1. The molecule has 0 aliphatic carbocycles. The Morgan fingerprint density at radius 2 is 2.00 bits per heavy atom. The van der Waals surface area contributed by atoms with E-state index in [9.17, 15) is 4.79 Å². The third-order valence-corrected chi connectivity index (χ3v) is 4.22. The van der Waals surface area contributed by atoms with Crippen LogP contribution in [0.5, 0.6) is 0 Å². The van der Waals surface area contributed by atoms with Gasteiger partial charge in [0.05, 0.1) is 10.4 Å². The standard InChI is InChI=1S/C14H14ClN7O2/c1-8-17-12-10-6-9(15)7-16-11(10)18-13(22(12)19-8)20-2-4-21(5-3-20)14(23)24/h6-7H,2-5H2,1H3,(H,23,24). The van der Waals surface area contributed by atoms with Crippen LogP contribution in [0, 0.1) is 6.92 Å². The predicted octanol–water partition coefficient (Wildman–Crippen LogP) is 1.43. The first kappa shape index (κ1) is 14.9. The first-order valence-corrected chi connectivity index (χ1v) is 7.82. The van der Waals surface area contributed by atoms with Gasteiger partial charge in [-0.15, -0.1) is 5.10 Å². The van der Waals surface area contributed by atoms with Crippen LogP contribution < -0.4 is 4.90 Å². The highest BCUT2D eigenvalue weighted by Gasteiger charge is 2.24. The lowest BCUT2D eigenvalue weighted by Crippen LogP contribution is -2.49. The summed E-state index contributed by atoms with van der Waals surface area (Å²) >= 11 is 6.04. The number of hydrogen-bond acceptors (Lipinski definition) is 6. The van der Waals surface area contributed by atoms with Crippen LogP contribution in [0.2, 0.25) is 5.02 Å². The first-order chi connectivity index (χ1) is 11.5. The number of rotatable bonds is 1. The summed E-state index contributed by atoms with van der Waals surface area (Å²) in [6.07, 6.45) is 0.641. The Balaban J connectivity index is 1.83. The monoisotopic (exact) mass is 347 g/mol. The van der Waals surface area contributed by atoms with E-state index in [0.717, 1.165) is 5.39 Å². The van der Waals surface area contributed by atoms with Crippen LogP contribution in [0.25, 0.3) is 16.7 Å². The Morgan fingerprint density at radius 3 is 2.71 bits per heavy atom. The Labute approximate surface area is 141 Å². The number of aryl methyl sites for hydroxylation is 1. The summed E-state index contributed by atoms with van der Waals surface area (Å²) in [5.74, 6) is 1.23. The second-order valence-corrected chi connectivity index (χ2v) is 6.02. The highest BCUT2D eigenvalue weighted by atomic mass is 35.5. The lowest BCUT2D eigenvalue weighted by Gasteiger charge is -2.33. The SMILES string of the molecule is Cc1nc2c3cc(Cl)cnc3nc(N3CCN(C(=O)O)CC3)n2n1. The van der Waals surface area contributed by atoms with Gasteiger partial charge in [-0.25, -0.2) is 14.8 Å². The Hall–Kier alpha value is -2.68. The maximum Gasteiger partial charge on any atom is 0.407 e. The van der Waals surface area contributed by atoms with Crippen LogP contribution in [0.3, 0.4) is 0 Å². The summed E-state index contributed by atoms with van der Waals surface area (Å²) in [7, 11) is 0. The topological polar surface area (TPSA) is 99.8 Å². The molecular formula is C14H14ClN7O2. The van der Waals surface area contributed by atoms with Crippen molar-refractivity contribution in [3.8, 4) is 0 Å². The molecule has 1 amide bonds. The molecule has 1 aliphatic heterocycles. The fourth-order valence-corrected chi connectivity index (χ4v) is 3.02. The minimum Gasteiger partial charge on any atom is -0.465 e. The molecule has 1 N–H and O–H groups in total. The van der Waals surface area contributed by atoms with Gasteiger partial charge in [-0.1, -0.05) is 11.6 Å². The van der Waals surface area contributed by atoms with Gasteiger partial charge in [-0.3, -0.25) is 0 Å². The van der Waals surface area contributed by atoms with Crippen molar-refractivity contribution in [3.05, 3.63) is 23.1 Å². The predicted molar refractivity (Wildman–Crippen MR) is 87.6 cm³/mol. The lowest BCUT2D eigenvalue weighted by atomic mass is 10.3. The van der Waals surface area contributed by atoms with E-state index in [0.29, 0.717) is 54.3 Å². The number of fused-ring (bicyclic) bond motifs is 3. The number of aromatic nitrogens is 5. The summed E-state index contributed by atoms with van der Waals surface area (Å²) < 4.78 is 1.67. The number of piperazine rings is 1. The summed E-state index contributed by atoms with van der Waals surface area (Å²) in [4.78, 5) is 27.8. The minimum atomic E-state index is -0.904. The molecular weight excluding hydrogens is 334 g/mol. The van der Waals surface area contributed by atoms with Crippen LogP contribution in [-0.4, -0.2) is 66.8 Å². The molecule has 0 radical (unpaired) electrons. The summed E-state index contributed by atoms with van der Waals surface area (Å²) in [5.41, 5.74) is 1.18. The maximum atomic E-state index is 11.1. The molecule has 1 fully saturated rings. The van der Waals surface area contributed by atoms with Gasteiger partial charge in [-0.05, 0) is 13.0 Å². The molecule has 1 aliphatic rings. The summed E-state index contributed by atoms with van der Waals surface area (Å²) in [6.45, 7) is 3.71. The molecule has 9 nitrogen and oxygen atoms in total. The van der Waals surface area contributed by atoms with Gasteiger partial charge < -0.3 is 14.9 Å². The van der Waals surface area contributed by atoms with E-state index in [1.165, 1.54) is 4.90 Å². The molecule has 0 bridgehead atoms. The number of carboxylic acid groups (broad SMARTS) is 1. The quantitative estimate of drug-likeness (QED) is 0.710. The van der Waals surface area contributed by atoms with Crippen molar-refractivity contribution in [3.63, 3.8) is 0 Å². The average Bonchev–Trinajstić information content (AvgIpc) is 2.96.